The molecule has 0 fully saturated rings. The number of rotatable bonds is 6. The van der Waals surface area contributed by atoms with Crippen LogP contribution in [0.25, 0.3) is 0 Å². The van der Waals surface area contributed by atoms with Gasteiger partial charge in [0, 0.05) is 11.8 Å². The van der Waals surface area contributed by atoms with Gasteiger partial charge in [-0.1, -0.05) is 18.5 Å². The summed E-state index contributed by atoms with van der Waals surface area (Å²) in [5.41, 5.74) is 0.528. The minimum atomic E-state index is -3.86. The van der Waals surface area contributed by atoms with Crippen molar-refractivity contribution in [1.82, 2.24) is 0 Å². The number of sulfonamides is 1. The monoisotopic (exact) mass is 428 g/mol. The molecule has 0 radical (unpaired) electrons. The van der Waals surface area contributed by atoms with Crippen LogP contribution in [-0.2, 0) is 14.8 Å². The van der Waals surface area contributed by atoms with Crippen molar-refractivity contribution in [3.05, 3.63) is 47.2 Å². The molecule has 28 heavy (non-hydrogen) atoms. The lowest BCUT2D eigenvalue weighted by molar-refractivity contribution is -0.117. The van der Waals surface area contributed by atoms with Crippen LogP contribution >= 0.6 is 11.6 Å². The summed E-state index contributed by atoms with van der Waals surface area (Å²) in [5, 5.41) is 2.44. The highest BCUT2D eigenvalue weighted by Crippen LogP contribution is 2.34. The lowest BCUT2D eigenvalue weighted by Gasteiger charge is -2.30. The number of carbonyl (C=O) groups excluding carboxylic acids is 1. The molecule has 0 spiro atoms. The van der Waals surface area contributed by atoms with Crippen molar-refractivity contribution in [2.75, 3.05) is 22.7 Å². The SMILES string of the molecule is CCC(C(=O)Nc1ccc2c(c1)OCO2)N(c1ccc(F)c(Cl)c1)S(C)(=O)=O. The first kappa shape index (κ1) is 20.2. The first-order chi connectivity index (χ1) is 13.2. The molecular formula is C18H18ClFN2O5S. The number of ether oxygens (including phenoxy) is 2. The molecule has 1 atom stereocenters. The summed E-state index contributed by atoms with van der Waals surface area (Å²) in [7, 11) is -3.86. The normalized spacial score (nSPS) is 13.9. The minimum absolute atomic E-state index is 0.0947. The van der Waals surface area contributed by atoms with Crippen molar-refractivity contribution in [3.63, 3.8) is 0 Å². The van der Waals surface area contributed by atoms with E-state index < -0.39 is 27.8 Å². The Labute approximate surface area is 167 Å². The predicted octanol–water partition coefficient (Wildman–Crippen LogP) is 3.39. The van der Waals surface area contributed by atoms with Gasteiger partial charge in [-0.3, -0.25) is 9.10 Å². The molecule has 10 heteroatoms. The molecule has 0 saturated heterocycles. The summed E-state index contributed by atoms with van der Waals surface area (Å²) in [6, 6.07) is 7.28. The molecule has 7 nitrogen and oxygen atoms in total. The van der Waals surface area contributed by atoms with E-state index in [1.54, 1.807) is 25.1 Å². The number of hydrogen-bond acceptors (Lipinski definition) is 5. The number of benzene rings is 2. The highest BCUT2D eigenvalue weighted by Gasteiger charge is 2.32. The third kappa shape index (κ3) is 4.15. The number of nitrogens with zero attached hydrogens (tertiary/aromatic N) is 1. The Balaban J connectivity index is 1.91. The van der Waals surface area contributed by atoms with Gasteiger partial charge in [0.05, 0.1) is 17.0 Å². The Kier molecular flexibility index (Phi) is 5.66. The van der Waals surface area contributed by atoms with Crippen molar-refractivity contribution in [2.45, 2.75) is 19.4 Å². The van der Waals surface area contributed by atoms with Crippen LogP contribution in [0.2, 0.25) is 5.02 Å². The molecule has 0 saturated carbocycles. The number of carbonyl (C=O) groups is 1. The second-order valence-electron chi connectivity index (χ2n) is 6.14. The number of nitrogens with one attached hydrogen (secondary N) is 1. The summed E-state index contributed by atoms with van der Waals surface area (Å²) in [5.74, 6) is -0.191. The fraction of sp³-hybridized carbons (Fsp3) is 0.278. The zero-order valence-electron chi connectivity index (χ0n) is 15.1. The highest BCUT2D eigenvalue weighted by molar-refractivity contribution is 7.92. The van der Waals surface area contributed by atoms with Crippen LogP contribution in [0.5, 0.6) is 11.5 Å². The van der Waals surface area contributed by atoms with Gasteiger partial charge in [0.25, 0.3) is 0 Å². The largest absolute Gasteiger partial charge is 0.454 e. The minimum Gasteiger partial charge on any atom is -0.454 e. The van der Waals surface area contributed by atoms with Crippen molar-refractivity contribution in [2.24, 2.45) is 0 Å². The molecular weight excluding hydrogens is 411 g/mol. The predicted molar refractivity (Wildman–Crippen MR) is 104 cm³/mol. The van der Waals surface area contributed by atoms with E-state index in [2.05, 4.69) is 5.32 Å². The topological polar surface area (TPSA) is 84.9 Å². The summed E-state index contributed by atoms with van der Waals surface area (Å²) >= 11 is 5.80. The van der Waals surface area contributed by atoms with Gasteiger partial charge in [0.2, 0.25) is 22.7 Å². The average Bonchev–Trinajstić information content (AvgIpc) is 3.08. The van der Waals surface area contributed by atoms with Crippen LogP contribution in [-0.4, -0.2) is 33.4 Å². The first-order valence-electron chi connectivity index (χ1n) is 8.35. The molecule has 1 amide bonds. The third-order valence-electron chi connectivity index (χ3n) is 4.13. The van der Waals surface area contributed by atoms with Gasteiger partial charge < -0.3 is 14.8 Å². The zero-order valence-corrected chi connectivity index (χ0v) is 16.7. The van der Waals surface area contributed by atoms with E-state index in [-0.39, 0.29) is 23.9 Å². The second-order valence-corrected chi connectivity index (χ2v) is 8.41. The van der Waals surface area contributed by atoms with E-state index in [1.165, 1.54) is 12.1 Å². The summed E-state index contributed by atoms with van der Waals surface area (Å²) in [6.45, 7) is 1.77. The van der Waals surface area contributed by atoms with Crippen molar-refractivity contribution in [1.29, 1.82) is 0 Å². The Morgan fingerprint density at radius 1 is 1.25 bits per heavy atom. The molecule has 2 aromatic rings. The fourth-order valence-electron chi connectivity index (χ4n) is 2.88. The van der Waals surface area contributed by atoms with Gasteiger partial charge in [0.15, 0.2) is 11.5 Å². The molecule has 2 aromatic carbocycles. The van der Waals surface area contributed by atoms with E-state index in [4.69, 9.17) is 21.1 Å². The smallest absolute Gasteiger partial charge is 0.248 e. The number of amides is 1. The molecule has 1 heterocycles. The third-order valence-corrected chi connectivity index (χ3v) is 5.60. The maximum atomic E-state index is 13.5. The average molecular weight is 429 g/mol. The fourth-order valence-corrected chi connectivity index (χ4v) is 4.26. The van der Waals surface area contributed by atoms with Crippen LogP contribution in [0.3, 0.4) is 0 Å². The molecule has 1 aliphatic rings. The molecule has 1 aliphatic heterocycles. The van der Waals surface area contributed by atoms with Crippen molar-refractivity contribution >= 4 is 38.9 Å². The van der Waals surface area contributed by atoms with E-state index >= 15 is 0 Å². The van der Waals surface area contributed by atoms with Gasteiger partial charge >= 0.3 is 0 Å². The molecule has 150 valence electrons. The van der Waals surface area contributed by atoms with Gasteiger partial charge in [-0.05, 0) is 36.8 Å². The van der Waals surface area contributed by atoms with E-state index in [9.17, 15) is 17.6 Å². The first-order valence-corrected chi connectivity index (χ1v) is 10.6. The van der Waals surface area contributed by atoms with E-state index in [1.807, 2.05) is 0 Å². The molecule has 1 N–H and O–H groups in total. The quantitative estimate of drug-likeness (QED) is 0.762. The lowest BCUT2D eigenvalue weighted by Crippen LogP contribution is -2.47. The van der Waals surface area contributed by atoms with Crippen LogP contribution in [0.15, 0.2) is 36.4 Å². The van der Waals surface area contributed by atoms with Crippen LogP contribution in [0.1, 0.15) is 13.3 Å². The Morgan fingerprint density at radius 3 is 2.61 bits per heavy atom. The van der Waals surface area contributed by atoms with Crippen LogP contribution in [0.4, 0.5) is 15.8 Å². The number of halogens is 2. The Morgan fingerprint density at radius 2 is 1.96 bits per heavy atom. The molecule has 3 rings (SSSR count). The van der Waals surface area contributed by atoms with Crippen molar-refractivity contribution < 1.29 is 27.1 Å². The summed E-state index contributed by atoms with van der Waals surface area (Å²) < 4.78 is 49.7. The van der Waals surface area contributed by atoms with Gasteiger partial charge in [0.1, 0.15) is 11.9 Å². The molecule has 0 aliphatic carbocycles. The van der Waals surface area contributed by atoms with Crippen molar-refractivity contribution in [3.8, 4) is 11.5 Å². The van der Waals surface area contributed by atoms with Gasteiger partial charge in [-0.25, -0.2) is 12.8 Å². The molecule has 0 aromatic heterocycles. The summed E-state index contributed by atoms with van der Waals surface area (Å²) in [4.78, 5) is 12.9. The number of fused-ring (bicyclic) bond motifs is 1. The lowest BCUT2D eigenvalue weighted by atomic mass is 10.1. The number of anilines is 2. The Bertz CT molecular complexity index is 1020. The Hall–Kier alpha value is -2.52. The second kappa shape index (κ2) is 7.84. The maximum Gasteiger partial charge on any atom is 0.248 e. The van der Waals surface area contributed by atoms with Crippen LogP contribution in [0, 0.1) is 5.82 Å². The van der Waals surface area contributed by atoms with Crippen LogP contribution < -0.4 is 19.1 Å². The highest BCUT2D eigenvalue weighted by atomic mass is 35.5. The van der Waals surface area contributed by atoms with E-state index in [0.717, 1.165) is 16.6 Å². The molecule has 0 bridgehead atoms. The standard InChI is InChI=1S/C18H18ClFN2O5S/c1-3-15(18(23)21-11-4-7-16-17(8-11)27-10-26-16)22(28(2,24)25)12-5-6-14(20)13(19)9-12/h4-9,15H,3,10H2,1-2H3,(H,21,23). The number of hydrogen-bond donors (Lipinski definition) is 1. The molecule has 1 unspecified atom stereocenters. The maximum absolute atomic E-state index is 13.5. The van der Waals surface area contributed by atoms with Gasteiger partial charge in [-0.2, -0.15) is 0 Å². The summed E-state index contributed by atoms with van der Waals surface area (Å²) in [6.07, 6.45) is 1.15. The van der Waals surface area contributed by atoms with Gasteiger partial charge in [-0.15, -0.1) is 0 Å². The van der Waals surface area contributed by atoms with E-state index in [0.29, 0.717) is 17.2 Å². The zero-order chi connectivity index (χ0) is 20.5.